The second-order valence-electron chi connectivity index (χ2n) is 22.0. The van der Waals surface area contributed by atoms with Crippen LogP contribution in [-0.2, 0) is 32.7 Å². The molecule has 482 valence electrons. The summed E-state index contributed by atoms with van der Waals surface area (Å²) in [6, 6.07) is 0. The van der Waals surface area contributed by atoms with Gasteiger partial charge in [0.25, 0.3) is 0 Å². The first kappa shape index (κ1) is 80.6. The number of hydrogen-bond acceptors (Lipinski definition) is 8. The molecular formula is C75H124NO8P. The highest BCUT2D eigenvalue weighted by molar-refractivity contribution is 7.47. The maximum Gasteiger partial charge on any atom is 0.472 e. The van der Waals surface area contributed by atoms with E-state index < -0.39 is 32.5 Å². The number of allylic oxidation sites excluding steroid dienone is 26. The van der Waals surface area contributed by atoms with Crippen LogP contribution in [0.1, 0.15) is 271 Å². The minimum atomic E-state index is -4.41. The van der Waals surface area contributed by atoms with Crippen molar-refractivity contribution in [1.29, 1.82) is 0 Å². The van der Waals surface area contributed by atoms with Gasteiger partial charge in [-0.2, -0.15) is 0 Å². The van der Waals surface area contributed by atoms with Crippen molar-refractivity contribution >= 4 is 19.8 Å². The quantitative estimate of drug-likeness (QED) is 0.0264. The van der Waals surface area contributed by atoms with Crippen LogP contribution in [0.3, 0.4) is 0 Å². The highest BCUT2D eigenvalue weighted by Gasteiger charge is 2.26. The molecule has 0 fully saturated rings. The summed E-state index contributed by atoms with van der Waals surface area (Å²) in [4.78, 5) is 35.3. The number of phosphoric ester groups is 1. The molecule has 0 heterocycles. The fourth-order valence-corrected chi connectivity index (χ4v) is 9.67. The Balaban J connectivity index is 4.03. The van der Waals surface area contributed by atoms with E-state index in [1.165, 1.54) is 116 Å². The first-order valence-corrected chi connectivity index (χ1v) is 35.5. The van der Waals surface area contributed by atoms with E-state index in [2.05, 4.69) is 172 Å². The standard InChI is InChI=1S/C75H124NO8P/c1-3-5-7-9-11-13-15-17-19-21-23-25-27-28-29-30-31-32-33-34-35-36-37-38-39-40-41-42-43-44-46-48-50-52-54-56-58-60-62-64-66-68-75(78)84-73(72-83-85(79,80)82-70-69-76)71-81-74(77)67-65-63-61-59-57-55-53-51-49-47-45-26-24-22-20-18-16-14-12-10-8-6-4-2/h5,7,11,13,17,19,22-25,28-29,31-32,34-35,37-38,40-41,43-44,48,50,54,56,73H,3-4,6,8-10,12,14-16,18,20-21,26-27,30,33,36,39,42,45-47,49,51-53,55,57-72,76H2,1-2H3,(H,79,80)/b7-5-,13-11-,19-17-,24-22-,25-23-,29-28-,32-31-,35-34-,38-37-,41-40-,44-43-,50-48-,56-54-. The molecule has 10 heteroatoms. The van der Waals surface area contributed by atoms with Crippen LogP contribution in [0.2, 0.25) is 0 Å². The third kappa shape index (κ3) is 68.6. The van der Waals surface area contributed by atoms with E-state index in [4.69, 9.17) is 24.3 Å². The lowest BCUT2D eigenvalue weighted by Crippen LogP contribution is -2.29. The number of rotatable bonds is 62. The van der Waals surface area contributed by atoms with Crippen molar-refractivity contribution in [2.75, 3.05) is 26.4 Å². The van der Waals surface area contributed by atoms with Crippen LogP contribution in [0.15, 0.2) is 158 Å². The number of phosphoric acid groups is 1. The summed E-state index contributed by atoms with van der Waals surface area (Å²) in [5, 5.41) is 0. The van der Waals surface area contributed by atoms with Gasteiger partial charge >= 0.3 is 19.8 Å². The van der Waals surface area contributed by atoms with Crippen LogP contribution < -0.4 is 5.73 Å². The molecule has 0 aromatic carbocycles. The van der Waals surface area contributed by atoms with Crippen LogP contribution in [-0.4, -0.2) is 49.3 Å². The van der Waals surface area contributed by atoms with Gasteiger partial charge < -0.3 is 20.1 Å². The minimum absolute atomic E-state index is 0.0416. The second kappa shape index (κ2) is 68.7. The summed E-state index contributed by atoms with van der Waals surface area (Å²) in [5.74, 6) is -0.863. The van der Waals surface area contributed by atoms with Crippen LogP contribution in [0.5, 0.6) is 0 Å². The average Bonchev–Trinajstić information content (AvgIpc) is 3.52. The summed E-state index contributed by atoms with van der Waals surface area (Å²) in [7, 11) is -4.41. The van der Waals surface area contributed by atoms with Gasteiger partial charge in [0.05, 0.1) is 13.2 Å². The van der Waals surface area contributed by atoms with Crippen molar-refractivity contribution in [3.8, 4) is 0 Å². The normalized spacial score (nSPS) is 14.0. The number of hydrogen-bond donors (Lipinski definition) is 2. The lowest BCUT2D eigenvalue weighted by Gasteiger charge is -2.19. The Hall–Kier alpha value is -4.37. The van der Waals surface area contributed by atoms with Crippen LogP contribution in [0.25, 0.3) is 0 Å². The van der Waals surface area contributed by atoms with Gasteiger partial charge in [-0.1, -0.05) is 287 Å². The van der Waals surface area contributed by atoms with E-state index in [0.717, 1.165) is 122 Å². The highest BCUT2D eigenvalue weighted by Crippen LogP contribution is 2.43. The Morgan fingerprint density at radius 1 is 0.365 bits per heavy atom. The first-order chi connectivity index (χ1) is 41.8. The van der Waals surface area contributed by atoms with E-state index in [-0.39, 0.29) is 32.6 Å². The molecule has 0 radical (unpaired) electrons. The maximum absolute atomic E-state index is 12.7. The smallest absolute Gasteiger partial charge is 0.462 e. The van der Waals surface area contributed by atoms with Gasteiger partial charge in [0.2, 0.25) is 0 Å². The predicted octanol–water partition coefficient (Wildman–Crippen LogP) is 22.4. The molecule has 0 aliphatic heterocycles. The Morgan fingerprint density at radius 2 is 0.647 bits per heavy atom. The molecule has 0 spiro atoms. The van der Waals surface area contributed by atoms with E-state index in [1.807, 2.05) is 0 Å². The van der Waals surface area contributed by atoms with Gasteiger partial charge in [0.15, 0.2) is 6.10 Å². The third-order valence-electron chi connectivity index (χ3n) is 13.9. The van der Waals surface area contributed by atoms with Gasteiger partial charge in [-0.15, -0.1) is 0 Å². The predicted molar refractivity (Wildman–Crippen MR) is 366 cm³/mol. The molecular weight excluding hydrogens is 1070 g/mol. The Kier molecular flexibility index (Phi) is 65.2. The molecule has 0 saturated carbocycles. The number of unbranched alkanes of at least 4 members (excludes halogenated alkanes) is 23. The molecule has 0 aliphatic carbocycles. The minimum Gasteiger partial charge on any atom is -0.462 e. The Labute approximate surface area is 521 Å². The zero-order chi connectivity index (χ0) is 61.6. The van der Waals surface area contributed by atoms with Gasteiger partial charge in [-0.3, -0.25) is 18.6 Å². The van der Waals surface area contributed by atoms with Crippen molar-refractivity contribution < 1.29 is 37.6 Å². The molecule has 2 unspecified atom stereocenters. The fraction of sp³-hybridized carbons (Fsp3) is 0.627. The molecule has 0 aliphatic rings. The fourth-order valence-electron chi connectivity index (χ4n) is 8.91. The first-order valence-electron chi connectivity index (χ1n) is 34.0. The van der Waals surface area contributed by atoms with Gasteiger partial charge in [0.1, 0.15) is 6.61 Å². The zero-order valence-corrected chi connectivity index (χ0v) is 54.9. The summed E-state index contributed by atoms with van der Waals surface area (Å²) in [6.45, 7) is 3.60. The maximum atomic E-state index is 12.7. The van der Waals surface area contributed by atoms with Crippen LogP contribution in [0.4, 0.5) is 0 Å². The van der Waals surface area contributed by atoms with E-state index in [9.17, 15) is 19.0 Å². The Morgan fingerprint density at radius 3 is 0.976 bits per heavy atom. The second-order valence-corrected chi connectivity index (χ2v) is 23.4. The molecule has 0 bridgehead atoms. The zero-order valence-electron chi connectivity index (χ0n) is 54.0. The van der Waals surface area contributed by atoms with Crippen molar-refractivity contribution in [1.82, 2.24) is 0 Å². The number of esters is 2. The molecule has 0 rings (SSSR count). The molecule has 0 aromatic rings. The molecule has 3 N–H and O–H groups in total. The van der Waals surface area contributed by atoms with Crippen molar-refractivity contribution in [2.45, 2.75) is 277 Å². The molecule has 0 amide bonds. The number of ether oxygens (including phenoxy) is 2. The number of carbonyl (C=O) groups excluding carboxylic acids is 2. The van der Waals surface area contributed by atoms with Crippen molar-refractivity contribution in [3.63, 3.8) is 0 Å². The van der Waals surface area contributed by atoms with Crippen molar-refractivity contribution in [2.24, 2.45) is 5.73 Å². The Bertz CT molecular complexity index is 1950. The molecule has 2 atom stereocenters. The van der Waals surface area contributed by atoms with Gasteiger partial charge in [0, 0.05) is 19.4 Å². The topological polar surface area (TPSA) is 134 Å². The largest absolute Gasteiger partial charge is 0.472 e. The van der Waals surface area contributed by atoms with E-state index in [0.29, 0.717) is 6.42 Å². The van der Waals surface area contributed by atoms with E-state index >= 15 is 0 Å². The summed E-state index contributed by atoms with van der Waals surface area (Å²) < 4.78 is 33.1. The summed E-state index contributed by atoms with van der Waals surface area (Å²) >= 11 is 0. The lowest BCUT2D eigenvalue weighted by molar-refractivity contribution is -0.161. The van der Waals surface area contributed by atoms with Gasteiger partial charge in [-0.25, -0.2) is 4.57 Å². The third-order valence-corrected chi connectivity index (χ3v) is 14.9. The SMILES string of the molecule is CC/C=C\C/C=C\C/C=C\C/C=C\C/C=C\C/C=C\C/C=C\C/C=C\C/C=C\C/C=C\C/C=C\C/C=C\CCCCCCC(=O)OC(COC(=O)CCCCCCCCCCCCC/C=C\CCCCCCCCCC)COP(=O)(O)OCCN. The molecule has 9 nitrogen and oxygen atoms in total. The summed E-state index contributed by atoms with van der Waals surface area (Å²) in [6.07, 6.45) is 100. The number of nitrogens with two attached hydrogens (primary N) is 1. The van der Waals surface area contributed by atoms with E-state index in [1.54, 1.807) is 0 Å². The molecule has 85 heavy (non-hydrogen) atoms. The molecule has 0 saturated heterocycles. The molecule has 0 aromatic heterocycles. The van der Waals surface area contributed by atoms with Crippen LogP contribution >= 0.6 is 7.82 Å². The van der Waals surface area contributed by atoms with Crippen LogP contribution in [0, 0.1) is 0 Å². The van der Waals surface area contributed by atoms with Gasteiger partial charge in [-0.05, 0) is 128 Å². The van der Waals surface area contributed by atoms with Crippen molar-refractivity contribution in [3.05, 3.63) is 158 Å². The highest BCUT2D eigenvalue weighted by atomic mass is 31.2. The lowest BCUT2D eigenvalue weighted by atomic mass is 10.0. The average molecular weight is 1200 g/mol. The summed E-state index contributed by atoms with van der Waals surface area (Å²) in [5.41, 5.74) is 5.39. The number of carbonyl (C=O) groups is 2. The monoisotopic (exact) mass is 1200 g/mol.